The van der Waals surface area contributed by atoms with Crippen LogP contribution in [0.5, 0.6) is 0 Å². The Labute approximate surface area is 132 Å². The molecular formula is C16H15N5O2. The SMILES string of the molecule is COCCn1c(NC(C)=O)c(C#N)c2nc3ccccc3nc21. The van der Waals surface area contributed by atoms with Crippen LogP contribution < -0.4 is 5.32 Å². The second kappa shape index (κ2) is 6.02. The highest BCUT2D eigenvalue weighted by Gasteiger charge is 2.21. The number of rotatable bonds is 4. The van der Waals surface area contributed by atoms with Crippen molar-refractivity contribution in [3.05, 3.63) is 29.8 Å². The summed E-state index contributed by atoms with van der Waals surface area (Å²) in [6.07, 6.45) is 0. The van der Waals surface area contributed by atoms with Gasteiger partial charge in [0.2, 0.25) is 5.91 Å². The number of benzene rings is 1. The third-order valence-electron chi connectivity index (χ3n) is 3.48. The third kappa shape index (κ3) is 2.60. The van der Waals surface area contributed by atoms with Crippen molar-refractivity contribution in [3.8, 4) is 6.07 Å². The molecule has 0 aliphatic heterocycles. The Kier molecular flexibility index (Phi) is 3.91. The van der Waals surface area contributed by atoms with Crippen LogP contribution in [0.2, 0.25) is 0 Å². The van der Waals surface area contributed by atoms with Crippen molar-refractivity contribution in [2.45, 2.75) is 13.5 Å². The lowest BCUT2D eigenvalue weighted by Crippen LogP contribution is -2.14. The summed E-state index contributed by atoms with van der Waals surface area (Å²) in [5, 5.41) is 12.2. The highest BCUT2D eigenvalue weighted by molar-refractivity contribution is 5.97. The van der Waals surface area contributed by atoms with Gasteiger partial charge < -0.3 is 14.6 Å². The molecule has 1 amide bonds. The second-order valence-corrected chi connectivity index (χ2v) is 5.05. The molecule has 2 aromatic heterocycles. The molecule has 0 saturated carbocycles. The maximum atomic E-state index is 11.5. The van der Waals surface area contributed by atoms with Crippen molar-refractivity contribution in [1.29, 1.82) is 5.26 Å². The summed E-state index contributed by atoms with van der Waals surface area (Å²) in [5.41, 5.74) is 2.78. The predicted octanol–water partition coefficient (Wildman–Crippen LogP) is 2.06. The second-order valence-electron chi connectivity index (χ2n) is 5.05. The Hall–Kier alpha value is -2.98. The maximum Gasteiger partial charge on any atom is 0.222 e. The van der Waals surface area contributed by atoms with Crippen LogP contribution in [-0.2, 0) is 16.1 Å². The number of nitriles is 1. The van der Waals surface area contributed by atoms with Gasteiger partial charge >= 0.3 is 0 Å². The lowest BCUT2D eigenvalue weighted by atomic mass is 10.2. The lowest BCUT2D eigenvalue weighted by molar-refractivity contribution is -0.114. The quantitative estimate of drug-likeness (QED) is 0.796. The van der Waals surface area contributed by atoms with Gasteiger partial charge in [-0.3, -0.25) is 4.79 Å². The molecule has 0 saturated heterocycles. The zero-order valence-corrected chi connectivity index (χ0v) is 12.8. The molecule has 1 aromatic carbocycles. The molecule has 0 radical (unpaired) electrons. The van der Waals surface area contributed by atoms with E-state index in [1.807, 2.05) is 24.3 Å². The van der Waals surface area contributed by atoms with E-state index in [1.165, 1.54) is 6.92 Å². The number of ether oxygens (including phenoxy) is 1. The monoisotopic (exact) mass is 309 g/mol. The van der Waals surface area contributed by atoms with E-state index in [1.54, 1.807) is 11.7 Å². The van der Waals surface area contributed by atoms with Gasteiger partial charge in [0.1, 0.15) is 23.0 Å². The fourth-order valence-corrected chi connectivity index (χ4v) is 2.50. The molecule has 0 aliphatic rings. The minimum absolute atomic E-state index is 0.257. The number of nitrogens with zero attached hydrogens (tertiary/aromatic N) is 4. The summed E-state index contributed by atoms with van der Waals surface area (Å²) in [4.78, 5) is 20.7. The van der Waals surface area contributed by atoms with Crippen LogP contribution in [0.3, 0.4) is 0 Å². The predicted molar refractivity (Wildman–Crippen MR) is 85.9 cm³/mol. The molecule has 0 aliphatic carbocycles. The van der Waals surface area contributed by atoms with Crippen LogP contribution in [0.15, 0.2) is 24.3 Å². The van der Waals surface area contributed by atoms with Gasteiger partial charge in [-0.2, -0.15) is 5.26 Å². The number of carbonyl (C=O) groups excluding carboxylic acids is 1. The van der Waals surface area contributed by atoms with E-state index >= 15 is 0 Å². The Morgan fingerprint density at radius 3 is 2.65 bits per heavy atom. The van der Waals surface area contributed by atoms with E-state index in [0.29, 0.717) is 41.2 Å². The van der Waals surface area contributed by atoms with Crippen molar-refractivity contribution in [2.24, 2.45) is 0 Å². The minimum Gasteiger partial charge on any atom is -0.383 e. The minimum atomic E-state index is -0.257. The van der Waals surface area contributed by atoms with Gasteiger partial charge in [-0.05, 0) is 12.1 Å². The Balaban J connectivity index is 2.35. The van der Waals surface area contributed by atoms with Gasteiger partial charge in [-0.15, -0.1) is 0 Å². The highest BCUT2D eigenvalue weighted by atomic mass is 16.5. The number of methoxy groups -OCH3 is 1. The molecule has 1 N–H and O–H groups in total. The number of hydrogen-bond donors (Lipinski definition) is 1. The van der Waals surface area contributed by atoms with Crippen LogP contribution in [0, 0.1) is 11.3 Å². The molecule has 2 heterocycles. The van der Waals surface area contributed by atoms with Gasteiger partial charge in [0.15, 0.2) is 5.65 Å². The maximum absolute atomic E-state index is 11.5. The molecule has 3 rings (SSSR count). The number of para-hydroxylation sites is 2. The Morgan fingerprint density at radius 1 is 1.35 bits per heavy atom. The molecule has 7 heteroatoms. The molecule has 0 spiro atoms. The van der Waals surface area contributed by atoms with E-state index in [2.05, 4.69) is 21.4 Å². The van der Waals surface area contributed by atoms with Crippen molar-refractivity contribution in [1.82, 2.24) is 14.5 Å². The Bertz CT molecular complexity index is 939. The first-order valence-corrected chi connectivity index (χ1v) is 7.11. The lowest BCUT2D eigenvalue weighted by Gasteiger charge is -2.09. The summed E-state index contributed by atoms with van der Waals surface area (Å²) < 4.78 is 6.88. The molecule has 0 atom stereocenters. The van der Waals surface area contributed by atoms with E-state index in [0.717, 1.165) is 5.52 Å². The van der Waals surface area contributed by atoms with Crippen LogP contribution in [0.1, 0.15) is 12.5 Å². The summed E-state index contributed by atoms with van der Waals surface area (Å²) in [7, 11) is 1.59. The summed E-state index contributed by atoms with van der Waals surface area (Å²) in [5.74, 6) is 0.148. The summed E-state index contributed by atoms with van der Waals surface area (Å²) >= 11 is 0. The first-order chi connectivity index (χ1) is 11.2. The number of amides is 1. The standard InChI is InChI=1S/C16H15N5O2/c1-10(22)18-15-11(9-17)14-16(21(15)7-8-23-2)20-13-6-4-3-5-12(13)19-14/h3-6H,7-8H2,1-2H3,(H,18,22). The normalized spacial score (nSPS) is 10.8. The number of nitrogens with one attached hydrogen (secondary N) is 1. The average Bonchev–Trinajstić information content (AvgIpc) is 2.81. The smallest absolute Gasteiger partial charge is 0.222 e. The van der Waals surface area contributed by atoms with Crippen LogP contribution in [-0.4, -0.2) is 34.2 Å². The number of anilines is 1. The number of hydrogen-bond acceptors (Lipinski definition) is 5. The third-order valence-corrected chi connectivity index (χ3v) is 3.48. The van der Waals surface area contributed by atoms with Gasteiger partial charge in [0.05, 0.1) is 17.6 Å². The van der Waals surface area contributed by atoms with E-state index in [9.17, 15) is 10.1 Å². The summed E-state index contributed by atoms with van der Waals surface area (Å²) in [6.45, 7) is 2.28. The van der Waals surface area contributed by atoms with Gasteiger partial charge in [0.25, 0.3) is 0 Å². The summed E-state index contributed by atoms with van der Waals surface area (Å²) in [6, 6.07) is 9.57. The zero-order valence-electron chi connectivity index (χ0n) is 12.8. The molecule has 3 aromatic rings. The topological polar surface area (TPSA) is 92.8 Å². The molecule has 7 nitrogen and oxygen atoms in total. The number of aromatic nitrogens is 3. The molecule has 0 bridgehead atoms. The Morgan fingerprint density at radius 2 is 2.04 bits per heavy atom. The zero-order chi connectivity index (χ0) is 16.4. The highest BCUT2D eigenvalue weighted by Crippen LogP contribution is 2.29. The van der Waals surface area contributed by atoms with E-state index in [4.69, 9.17) is 4.74 Å². The first kappa shape index (κ1) is 14.9. The molecule has 0 unspecified atom stereocenters. The van der Waals surface area contributed by atoms with Crippen molar-refractivity contribution in [2.75, 3.05) is 19.0 Å². The molecule has 116 valence electrons. The molecular weight excluding hydrogens is 294 g/mol. The van der Waals surface area contributed by atoms with Crippen molar-refractivity contribution >= 4 is 33.9 Å². The fourth-order valence-electron chi connectivity index (χ4n) is 2.50. The van der Waals surface area contributed by atoms with Crippen LogP contribution in [0.4, 0.5) is 5.82 Å². The van der Waals surface area contributed by atoms with Gasteiger partial charge in [0, 0.05) is 20.6 Å². The number of carbonyl (C=O) groups is 1. The molecule has 23 heavy (non-hydrogen) atoms. The van der Waals surface area contributed by atoms with Crippen molar-refractivity contribution in [3.63, 3.8) is 0 Å². The van der Waals surface area contributed by atoms with Gasteiger partial charge in [-0.25, -0.2) is 9.97 Å². The van der Waals surface area contributed by atoms with E-state index in [-0.39, 0.29) is 5.91 Å². The molecule has 0 fully saturated rings. The average molecular weight is 309 g/mol. The van der Waals surface area contributed by atoms with Crippen LogP contribution >= 0.6 is 0 Å². The van der Waals surface area contributed by atoms with E-state index < -0.39 is 0 Å². The first-order valence-electron chi connectivity index (χ1n) is 7.11. The number of fused-ring (bicyclic) bond motifs is 2. The largest absolute Gasteiger partial charge is 0.383 e. The van der Waals surface area contributed by atoms with Gasteiger partial charge in [-0.1, -0.05) is 12.1 Å². The fraction of sp³-hybridized carbons (Fsp3) is 0.250. The van der Waals surface area contributed by atoms with Crippen molar-refractivity contribution < 1.29 is 9.53 Å². The van der Waals surface area contributed by atoms with Crippen LogP contribution in [0.25, 0.3) is 22.2 Å².